The van der Waals surface area contributed by atoms with Crippen LogP contribution in [0.15, 0.2) is 65.8 Å². The smallest absolute Gasteiger partial charge is 0.277 e. The lowest BCUT2D eigenvalue weighted by Gasteiger charge is -2.06. The maximum absolute atomic E-state index is 11.8. The molecule has 126 valence electrons. The van der Waals surface area contributed by atoms with Crippen LogP contribution in [-0.4, -0.2) is 28.9 Å². The summed E-state index contributed by atoms with van der Waals surface area (Å²) in [7, 11) is 0. The first-order valence-electron chi connectivity index (χ1n) is 7.57. The minimum Gasteiger partial charge on any atom is -0.508 e. The number of nitrogens with one attached hydrogen (secondary N) is 1. The lowest BCUT2D eigenvalue weighted by molar-refractivity contribution is -0.123. The molecule has 1 amide bonds. The third kappa shape index (κ3) is 4.26. The summed E-state index contributed by atoms with van der Waals surface area (Å²) in [6, 6.07) is 17.5. The van der Waals surface area contributed by atoms with Crippen LogP contribution in [0.2, 0.25) is 0 Å². The Morgan fingerprint density at radius 1 is 1.04 bits per heavy atom. The Balaban J connectivity index is 1.54. The van der Waals surface area contributed by atoms with E-state index in [1.54, 1.807) is 6.07 Å². The minimum atomic E-state index is -0.428. The lowest BCUT2D eigenvalue weighted by Crippen LogP contribution is -2.24. The molecule has 0 saturated heterocycles. The van der Waals surface area contributed by atoms with Crippen molar-refractivity contribution in [2.75, 3.05) is 6.61 Å². The van der Waals surface area contributed by atoms with Crippen LogP contribution in [0.5, 0.6) is 17.2 Å². The van der Waals surface area contributed by atoms with Gasteiger partial charge < -0.3 is 14.9 Å². The predicted octanol–water partition coefficient (Wildman–Crippen LogP) is 2.78. The number of amides is 1. The zero-order valence-corrected chi connectivity index (χ0v) is 13.2. The van der Waals surface area contributed by atoms with Crippen LogP contribution in [0.25, 0.3) is 10.8 Å². The molecule has 3 aromatic carbocycles. The van der Waals surface area contributed by atoms with Crippen molar-refractivity contribution < 1.29 is 19.7 Å². The van der Waals surface area contributed by atoms with Crippen LogP contribution in [0.1, 0.15) is 5.56 Å². The van der Waals surface area contributed by atoms with Gasteiger partial charge >= 0.3 is 0 Å². The SMILES string of the molecule is O=C(COc1ccc2ccccc2c1)NN=Cc1ccc(O)cc1O. The molecule has 0 atom stereocenters. The van der Waals surface area contributed by atoms with E-state index in [0.717, 1.165) is 10.8 Å². The minimum absolute atomic E-state index is 0.0533. The molecule has 0 unspecified atom stereocenters. The fraction of sp³-hybridized carbons (Fsp3) is 0.0526. The third-order valence-electron chi connectivity index (χ3n) is 3.50. The molecule has 0 bridgehead atoms. The second-order valence-electron chi connectivity index (χ2n) is 5.33. The van der Waals surface area contributed by atoms with Gasteiger partial charge in [0.25, 0.3) is 5.91 Å². The van der Waals surface area contributed by atoms with Gasteiger partial charge in [0.15, 0.2) is 6.61 Å². The van der Waals surface area contributed by atoms with Crippen molar-refractivity contribution >= 4 is 22.9 Å². The molecule has 0 heterocycles. The quantitative estimate of drug-likeness (QED) is 0.493. The van der Waals surface area contributed by atoms with Gasteiger partial charge in [-0.2, -0.15) is 5.10 Å². The maximum Gasteiger partial charge on any atom is 0.277 e. The van der Waals surface area contributed by atoms with Gasteiger partial charge in [-0.25, -0.2) is 5.43 Å². The van der Waals surface area contributed by atoms with Crippen LogP contribution >= 0.6 is 0 Å². The molecular formula is C19H16N2O4. The van der Waals surface area contributed by atoms with Gasteiger partial charge in [0.2, 0.25) is 0 Å². The summed E-state index contributed by atoms with van der Waals surface area (Å²) >= 11 is 0. The topological polar surface area (TPSA) is 91.2 Å². The van der Waals surface area contributed by atoms with Gasteiger partial charge in [-0.1, -0.05) is 30.3 Å². The number of carbonyl (C=O) groups is 1. The number of phenolic OH excluding ortho intramolecular Hbond substituents is 2. The second kappa shape index (κ2) is 7.35. The van der Waals surface area contributed by atoms with Crippen molar-refractivity contribution in [3.8, 4) is 17.2 Å². The Hall–Kier alpha value is -3.54. The molecule has 0 aliphatic rings. The molecule has 0 spiro atoms. The Labute approximate surface area is 144 Å². The van der Waals surface area contributed by atoms with Crippen LogP contribution in [0.3, 0.4) is 0 Å². The number of phenols is 2. The normalized spacial score (nSPS) is 10.9. The summed E-state index contributed by atoms with van der Waals surface area (Å²) in [4.78, 5) is 11.8. The van der Waals surface area contributed by atoms with E-state index in [4.69, 9.17) is 4.74 Å². The van der Waals surface area contributed by atoms with Crippen molar-refractivity contribution in [2.24, 2.45) is 5.10 Å². The molecule has 0 saturated carbocycles. The zero-order valence-electron chi connectivity index (χ0n) is 13.2. The molecule has 6 heteroatoms. The number of carbonyl (C=O) groups excluding carboxylic acids is 1. The van der Waals surface area contributed by atoms with Crippen molar-refractivity contribution in [2.45, 2.75) is 0 Å². The van der Waals surface area contributed by atoms with Crippen molar-refractivity contribution in [1.29, 1.82) is 0 Å². The van der Waals surface area contributed by atoms with Crippen molar-refractivity contribution in [1.82, 2.24) is 5.43 Å². The first-order valence-corrected chi connectivity index (χ1v) is 7.57. The molecule has 3 rings (SSSR count). The standard InChI is InChI=1S/C19H16N2O4/c22-16-7-5-15(18(23)10-16)11-20-21-19(24)12-25-17-8-6-13-3-1-2-4-14(13)9-17/h1-11,22-23H,12H2,(H,21,24). The number of nitrogens with zero attached hydrogens (tertiary/aromatic N) is 1. The maximum atomic E-state index is 11.8. The number of hydrogen-bond donors (Lipinski definition) is 3. The van der Waals surface area contributed by atoms with E-state index in [1.165, 1.54) is 24.4 Å². The van der Waals surface area contributed by atoms with E-state index in [9.17, 15) is 15.0 Å². The Morgan fingerprint density at radius 2 is 1.84 bits per heavy atom. The summed E-state index contributed by atoms with van der Waals surface area (Å²) in [6.07, 6.45) is 1.28. The molecule has 25 heavy (non-hydrogen) atoms. The molecule has 3 N–H and O–H groups in total. The number of fused-ring (bicyclic) bond motifs is 1. The van der Waals surface area contributed by atoms with E-state index in [1.807, 2.05) is 36.4 Å². The van der Waals surface area contributed by atoms with Crippen molar-refractivity contribution in [3.63, 3.8) is 0 Å². The first-order chi connectivity index (χ1) is 12.1. The Bertz CT molecular complexity index is 938. The summed E-state index contributed by atoms with van der Waals surface area (Å²) in [5, 5.41) is 24.7. The highest BCUT2D eigenvalue weighted by atomic mass is 16.5. The van der Waals surface area contributed by atoms with Gasteiger partial charge in [-0.05, 0) is 35.0 Å². The molecule has 0 aromatic heterocycles. The van der Waals surface area contributed by atoms with E-state index >= 15 is 0 Å². The van der Waals surface area contributed by atoms with Crippen molar-refractivity contribution in [3.05, 3.63) is 66.2 Å². The molecule has 0 radical (unpaired) electrons. The number of ether oxygens (including phenoxy) is 1. The average molecular weight is 336 g/mol. The van der Waals surface area contributed by atoms with Gasteiger partial charge in [-0.15, -0.1) is 0 Å². The van der Waals surface area contributed by atoms with E-state index in [0.29, 0.717) is 11.3 Å². The Morgan fingerprint density at radius 3 is 2.64 bits per heavy atom. The van der Waals surface area contributed by atoms with E-state index in [2.05, 4.69) is 10.5 Å². The predicted molar refractivity (Wildman–Crippen MR) is 95.0 cm³/mol. The van der Waals surface area contributed by atoms with Gasteiger partial charge in [0.05, 0.1) is 6.21 Å². The number of benzene rings is 3. The third-order valence-corrected chi connectivity index (χ3v) is 3.50. The van der Waals surface area contributed by atoms with Crippen LogP contribution in [0, 0.1) is 0 Å². The highest BCUT2D eigenvalue weighted by molar-refractivity contribution is 5.86. The monoisotopic (exact) mass is 336 g/mol. The van der Waals surface area contributed by atoms with E-state index in [-0.39, 0.29) is 18.1 Å². The summed E-state index contributed by atoms with van der Waals surface area (Å²) in [6.45, 7) is -0.183. The first kappa shape index (κ1) is 16.3. The molecule has 0 aliphatic heterocycles. The van der Waals surface area contributed by atoms with Gasteiger partial charge in [-0.3, -0.25) is 4.79 Å². The second-order valence-corrected chi connectivity index (χ2v) is 5.33. The van der Waals surface area contributed by atoms with Gasteiger partial charge in [0, 0.05) is 11.6 Å². The highest BCUT2D eigenvalue weighted by Gasteiger charge is 2.03. The van der Waals surface area contributed by atoms with E-state index < -0.39 is 5.91 Å². The summed E-state index contributed by atoms with van der Waals surface area (Å²) < 4.78 is 5.45. The number of rotatable bonds is 5. The average Bonchev–Trinajstić information content (AvgIpc) is 2.61. The zero-order chi connectivity index (χ0) is 17.6. The lowest BCUT2D eigenvalue weighted by atomic mass is 10.1. The number of hydrazone groups is 1. The molecule has 0 fully saturated rings. The molecule has 3 aromatic rings. The van der Waals surface area contributed by atoms with Crippen LogP contribution in [-0.2, 0) is 4.79 Å². The number of aromatic hydroxyl groups is 2. The fourth-order valence-electron chi connectivity index (χ4n) is 2.25. The Kier molecular flexibility index (Phi) is 4.80. The summed E-state index contributed by atoms with van der Waals surface area (Å²) in [5.74, 6) is -0.0235. The number of hydrogen-bond acceptors (Lipinski definition) is 5. The highest BCUT2D eigenvalue weighted by Crippen LogP contribution is 2.21. The molecule has 0 aliphatic carbocycles. The largest absolute Gasteiger partial charge is 0.508 e. The van der Waals surface area contributed by atoms with Crippen LogP contribution in [0.4, 0.5) is 0 Å². The summed E-state index contributed by atoms with van der Waals surface area (Å²) in [5.41, 5.74) is 2.68. The fourth-order valence-corrected chi connectivity index (χ4v) is 2.25. The van der Waals surface area contributed by atoms with Gasteiger partial charge in [0.1, 0.15) is 17.2 Å². The molecular weight excluding hydrogens is 320 g/mol. The van der Waals surface area contributed by atoms with Crippen LogP contribution < -0.4 is 10.2 Å². The molecule has 6 nitrogen and oxygen atoms in total.